The first-order chi connectivity index (χ1) is 9.29. The van der Waals surface area contributed by atoms with Gasteiger partial charge in [0.05, 0.1) is 0 Å². The summed E-state index contributed by atoms with van der Waals surface area (Å²) in [6.45, 7) is 4.13. The van der Waals surface area contributed by atoms with Crippen molar-refractivity contribution in [3.8, 4) is 0 Å². The minimum absolute atomic E-state index is 0.0813. The third-order valence-electron chi connectivity index (χ3n) is 3.67. The first kappa shape index (κ1) is 12.2. The second-order valence-electron chi connectivity index (χ2n) is 4.83. The van der Waals surface area contributed by atoms with Gasteiger partial charge in [0, 0.05) is 48.3 Å². The molecule has 0 unspecified atom stereocenters. The number of nitrogens with zero attached hydrogens (tertiary/aromatic N) is 1. The van der Waals surface area contributed by atoms with Gasteiger partial charge in [0.25, 0.3) is 0 Å². The monoisotopic (exact) mass is 258 g/mol. The van der Waals surface area contributed by atoms with Crippen molar-refractivity contribution in [1.29, 1.82) is 0 Å². The lowest BCUT2D eigenvalue weighted by molar-refractivity contribution is -0.136. The Hall–Kier alpha value is -1.81. The molecule has 0 spiro atoms. The number of carbonyl (C=O) groups excluding carboxylic acids is 1. The van der Waals surface area contributed by atoms with Gasteiger partial charge >= 0.3 is 0 Å². The SMILES string of the molecule is CCOCC(=O)N1CCc2[nH]c3ccccc3c2C1. The van der Waals surface area contributed by atoms with E-state index in [0.717, 1.165) is 18.5 Å². The Bertz CT molecular complexity index is 603. The van der Waals surface area contributed by atoms with Crippen LogP contribution in [0.3, 0.4) is 0 Å². The van der Waals surface area contributed by atoms with E-state index in [4.69, 9.17) is 4.74 Å². The van der Waals surface area contributed by atoms with Gasteiger partial charge in [-0.2, -0.15) is 0 Å². The quantitative estimate of drug-likeness (QED) is 0.916. The maximum atomic E-state index is 12.0. The zero-order valence-corrected chi connectivity index (χ0v) is 11.1. The lowest BCUT2D eigenvalue weighted by Crippen LogP contribution is -2.38. The van der Waals surface area contributed by atoms with Crippen LogP contribution in [0.4, 0.5) is 0 Å². The van der Waals surface area contributed by atoms with Crippen LogP contribution in [0.5, 0.6) is 0 Å². The smallest absolute Gasteiger partial charge is 0.248 e. The van der Waals surface area contributed by atoms with Crippen LogP contribution in [0, 0.1) is 0 Å². The lowest BCUT2D eigenvalue weighted by Gasteiger charge is -2.27. The molecular weight excluding hydrogens is 240 g/mol. The first-order valence-electron chi connectivity index (χ1n) is 6.73. The average molecular weight is 258 g/mol. The Labute approximate surface area is 112 Å². The van der Waals surface area contributed by atoms with E-state index in [-0.39, 0.29) is 12.5 Å². The second kappa shape index (κ2) is 5.05. The van der Waals surface area contributed by atoms with Gasteiger partial charge in [0.15, 0.2) is 0 Å². The largest absolute Gasteiger partial charge is 0.372 e. The summed E-state index contributed by atoms with van der Waals surface area (Å²) in [5.74, 6) is 0.0813. The van der Waals surface area contributed by atoms with Crippen LogP contribution >= 0.6 is 0 Å². The Balaban J connectivity index is 1.84. The summed E-state index contributed by atoms with van der Waals surface area (Å²) in [7, 11) is 0. The van der Waals surface area contributed by atoms with E-state index in [1.165, 1.54) is 16.6 Å². The molecule has 2 heterocycles. The summed E-state index contributed by atoms with van der Waals surface area (Å²) in [6, 6.07) is 8.26. The molecule has 0 aliphatic carbocycles. The summed E-state index contributed by atoms with van der Waals surface area (Å²) >= 11 is 0. The van der Waals surface area contributed by atoms with Gasteiger partial charge in [-0.3, -0.25) is 4.79 Å². The predicted octanol–water partition coefficient (Wildman–Crippen LogP) is 2.09. The van der Waals surface area contributed by atoms with Crippen molar-refractivity contribution in [3.63, 3.8) is 0 Å². The van der Waals surface area contributed by atoms with E-state index in [1.54, 1.807) is 0 Å². The predicted molar refractivity (Wildman–Crippen MR) is 73.9 cm³/mol. The van der Waals surface area contributed by atoms with Crippen molar-refractivity contribution in [1.82, 2.24) is 9.88 Å². The van der Waals surface area contributed by atoms with Crippen molar-refractivity contribution in [2.24, 2.45) is 0 Å². The summed E-state index contributed by atoms with van der Waals surface area (Å²) in [6.07, 6.45) is 0.891. The molecule has 3 rings (SSSR count). The number of aromatic nitrogens is 1. The fraction of sp³-hybridized carbons (Fsp3) is 0.400. The number of rotatable bonds is 3. The van der Waals surface area contributed by atoms with Gasteiger partial charge in [-0.1, -0.05) is 18.2 Å². The molecule has 1 aromatic heterocycles. The molecule has 1 aliphatic rings. The minimum atomic E-state index is 0.0813. The molecule has 0 atom stereocenters. The minimum Gasteiger partial charge on any atom is -0.372 e. The molecule has 0 bridgehead atoms. The van der Waals surface area contributed by atoms with Crippen molar-refractivity contribution in [2.75, 3.05) is 19.8 Å². The number of H-pyrrole nitrogens is 1. The van der Waals surface area contributed by atoms with Crippen LogP contribution in [-0.4, -0.2) is 35.5 Å². The van der Waals surface area contributed by atoms with Crippen molar-refractivity contribution < 1.29 is 9.53 Å². The van der Waals surface area contributed by atoms with Gasteiger partial charge < -0.3 is 14.6 Å². The average Bonchev–Trinajstić information content (AvgIpc) is 2.82. The molecule has 1 aromatic carbocycles. The van der Waals surface area contributed by atoms with Crippen LogP contribution < -0.4 is 0 Å². The molecule has 1 amide bonds. The molecule has 4 heteroatoms. The fourth-order valence-electron chi connectivity index (χ4n) is 2.66. The van der Waals surface area contributed by atoms with Crippen molar-refractivity contribution in [3.05, 3.63) is 35.5 Å². The van der Waals surface area contributed by atoms with E-state index < -0.39 is 0 Å². The Kier molecular flexibility index (Phi) is 3.25. The summed E-state index contributed by atoms with van der Waals surface area (Å²) < 4.78 is 5.21. The number of fused-ring (bicyclic) bond motifs is 3. The van der Waals surface area contributed by atoms with Crippen LogP contribution in [0.25, 0.3) is 10.9 Å². The molecule has 2 aromatic rings. The summed E-state index contributed by atoms with van der Waals surface area (Å²) in [5.41, 5.74) is 3.68. The number of hydrogen-bond acceptors (Lipinski definition) is 2. The lowest BCUT2D eigenvalue weighted by atomic mass is 10.0. The van der Waals surface area contributed by atoms with Gasteiger partial charge in [-0.15, -0.1) is 0 Å². The number of ether oxygens (including phenoxy) is 1. The number of amides is 1. The van der Waals surface area contributed by atoms with Crippen LogP contribution in [0.1, 0.15) is 18.2 Å². The zero-order chi connectivity index (χ0) is 13.2. The Morgan fingerprint density at radius 2 is 2.26 bits per heavy atom. The molecule has 0 saturated heterocycles. The third kappa shape index (κ3) is 2.24. The van der Waals surface area contributed by atoms with Crippen molar-refractivity contribution in [2.45, 2.75) is 19.9 Å². The van der Waals surface area contributed by atoms with Gasteiger partial charge in [0.2, 0.25) is 5.91 Å². The number of hydrogen-bond donors (Lipinski definition) is 1. The first-order valence-corrected chi connectivity index (χ1v) is 6.73. The Morgan fingerprint density at radius 3 is 3.11 bits per heavy atom. The number of para-hydroxylation sites is 1. The molecule has 0 fully saturated rings. The third-order valence-corrected chi connectivity index (χ3v) is 3.67. The number of nitrogens with one attached hydrogen (secondary N) is 1. The normalized spacial score (nSPS) is 14.7. The highest BCUT2D eigenvalue weighted by molar-refractivity contribution is 5.86. The molecule has 100 valence electrons. The summed E-state index contributed by atoms with van der Waals surface area (Å²) in [5, 5.41) is 1.23. The number of benzene rings is 1. The Morgan fingerprint density at radius 1 is 1.42 bits per heavy atom. The molecule has 1 aliphatic heterocycles. The standard InChI is InChI=1S/C15H18N2O2/c1-2-19-10-15(18)17-8-7-14-12(9-17)11-5-3-4-6-13(11)16-14/h3-6,16H,2,7-10H2,1H3. The van der Waals surface area contributed by atoms with E-state index >= 15 is 0 Å². The highest BCUT2D eigenvalue weighted by Crippen LogP contribution is 2.27. The topological polar surface area (TPSA) is 45.3 Å². The zero-order valence-electron chi connectivity index (χ0n) is 11.1. The second-order valence-corrected chi connectivity index (χ2v) is 4.83. The fourth-order valence-corrected chi connectivity index (χ4v) is 2.66. The highest BCUT2D eigenvalue weighted by Gasteiger charge is 2.23. The van der Waals surface area contributed by atoms with Crippen LogP contribution in [-0.2, 0) is 22.5 Å². The molecule has 1 N–H and O–H groups in total. The van der Waals surface area contributed by atoms with Crippen LogP contribution in [0.15, 0.2) is 24.3 Å². The van der Waals surface area contributed by atoms with Gasteiger partial charge in [-0.25, -0.2) is 0 Å². The van der Waals surface area contributed by atoms with Crippen LogP contribution in [0.2, 0.25) is 0 Å². The molecule has 4 nitrogen and oxygen atoms in total. The van der Waals surface area contributed by atoms with Crippen molar-refractivity contribution >= 4 is 16.8 Å². The molecule has 19 heavy (non-hydrogen) atoms. The van der Waals surface area contributed by atoms with E-state index in [1.807, 2.05) is 24.0 Å². The molecular formula is C15H18N2O2. The van der Waals surface area contributed by atoms with Gasteiger partial charge in [0.1, 0.15) is 6.61 Å². The van der Waals surface area contributed by atoms with Gasteiger partial charge in [-0.05, 0) is 13.0 Å². The number of carbonyl (C=O) groups is 1. The maximum Gasteiger partial charge on any atom is 0.248 e. The van der Waals surface area contributed by atoms with E-state index in [9.17, 15) is 4.79 Å². The molecule has 0 radical (unpaired) electrons. The highest BCUT2D eigenvalue weighted by atomic mass is 16.5. The van der Waals surface area contributed by atoms with E-state index in [2.05, 4.69) is 17.1 Å². The summed E-state index contributed by atoms with van der Waals surface area (Å²) in [4.78, 5) is 17.4. The van der Waals surface area contributed by atoms with E-state index in [0.29, 0.717) is 13.2 Å². The number of aromatic amines is 1. The molecule has 0 saturated carbocycles. The maximum absolute atomic E-state index is 12.0.